The molecule has 0 bridgehead atoms. The summed E-state index contributed by atoms with van der Waals surface area (Å²) in [4.78, 5) is 12.0. The lowest BCUT2D eigenvalue weighted by atomic mass is 10.1. The predicted molar refractivity (Wildman–Crippen MR) is 70.0 cm³/mol. The molecule has 3 N–H and O–H groups in total. The third-order valence-corrected chi connectivity index (χ3v) is 3.01. The van der Waals surface area contributed by atoms with E-state index in [0.29, 0.717) is 22.1 Å². The fourth-order valence-electron chi connectivity index (χ4n) is 1.37. The molecule has 0 fully saturated rings. The highest BCUT2D eigenvalue weighted by Crippen LogP contribution is 2.21. The van der Waals surface area contributed by atoms with E-state index in [1.54, 1.807) is 18.2 Å². The van der Waals surface area contributed by atoms with E-state index in [1.807, 2.05) is 6.92 Å². The third-order valence-electron chi connectivity index (χ3n) is 2.25. The van der Waals surface area contributed by atoms with E-state index in [1.165, 1.54) is 18.4 Å². The zero-order valence-corrected chi connectivity index (χ0v) is 10.7. The minimum absolute atomic E-state index is 0.331. The molecule has 18 heavy (non-hydrogen) atoms. The number of aryl methyl sites for hydroxylation is 1. The lowest BCUT2D eigenvalue weighted by Crippen LogP contribution is -2.14. The summed E-state index contributed by atoms with van der Waals surface area (Å²) in [6.07, 6.45) is 0. The third kappa shape index (κ3) is 2.57. The molecule has 0 radical (unpaired) electrons. The number of hydrogen-bond acceptors (Lipinski definition) is 6. The van der Waals surface area contributed by atoms with E-state index in [2.05, 4.69) is 15.5 Å². The van der Waals surface area contributed by atoms with E-state index >= 15 is 0 Å². The van der Waals surface area contributed by atoms with Gasteiger partial charge >= 0.3 is 0 Å². The summed E-state index contributed by atoms with van der Waals surface area (Å²) in [6, 6.07) is 4.90. The van der Waals surface area contributed by atoms with E-state index < -0.39 is 0 Å². The van der Waals surface area contributed by atoms with Gasteiger partial charge in [-0.2, -0.15) is 0 Å². The standard InChI is InChI=1S/C11H12N4O2S/c1-6-14-15-11(18-6)13-10(16)8-5-7(17-2)3-4-9(8)12/h3-5H,12H2,1-2H3,(H,13,15,16). The quantitative estimate of drug-likeness (QED) is 0.823. The zero-order chi connectivity index (χ0) is 13.1. The molecule has 1 amide bonds. The van der Waals surface area contributed by atoms with Crippen LogP contribution in [0, 0.1) is 6.92 Å². The molecule has 1 aromatic carbocycles. The van der Waals surface area contributed by atoms with Crippen LogP contribution in [0.4, 0.5) is 10.8 Å². The number of anilines is 2. The molecule has 0 saturated heterocycles. The molecule has 0 spiro atoms. The van der Waals surface area contributed by atoms with Crippen LogP contribution in [0.5, 0.6) is 5.75 Å². The van der Waals surface area contributed by atoms with Crippen molar-refractivity contribution < 1.29 is 9.53 Å². The molecule has 0 saturated carbocycles. The van der Waals surface area contributed by atoms with Crippen LogP contribution < -0.4 is 15.8 Å². The number of nitrogens with zero attached hydrogens (tertiary/aromatic N) is 2. The van der Waals surface area contributed by atoms with Crippen molar-refractivity contribution in [3.8, 4) is 5.75 Å². The second-order valence-electron chi connectivity index (χ2n) is 3.53. The minimum Gasteiger partial charge on any atom is -0.497 e. The zero-order valence-electron chi connectivity index (χ0n) is 9.93. The number of amides is 1. The number of carbonyl (C=O) groups is 1. The topological polar surface area (TPSA) is 90.1 Å². The average molecular weight is 264 g/mol. The first-order valence-corrected chi connectivity index (χ1v) is 5.97. The fourth-order valence-corrected chi connectivity index (χ4v) is 1.96. The molecule has 0 aliphatic heterocycles. The molecule has 1 aromatic heterocycles. The van der Waals surface area contributed by atoms with Gasteiger partial charge in [-0.05, 0) is 25.1 Å². The van der Waals surface area contributed by atoms with E-state index in [9.17, 15) is 4.79 Å². The van der Waals surface area contributed by atoms with Gasteiger partial charge in [-0.15, -0.1) is 10.2 Å². The van der Waals surface area contributed by atoms with Gasteiger partial charge in [-0.1, -0.05) is 11.3 Å². The minimum atomic E-state index is -0.331. The van der Waals surface area contributed by atoms with Crippen LogP contribution >= 0.6 is 11.3 Å². The molecule has 2 rings (SSSR count). The Morgan fingerprint density at radius 2 is 2.22 bits per heavy atom. The normalized spacial score (nSPS) is 10.1. The SMILES string of the molecule is COc1ccc(N)c(C(=O)Nc2nnc(C)s2)c1. The Kier molecular flexibility index (Phi) is 3.42. The van der Waals surface area contributed by atoms with Crippen molar-refractivity contribution in [1.82, 2.24) is 10.2 Å². The molecular formula is C11H12N4O2S. The summed E-state index contributed by atoms with van der Waals surface area (Å²) in [5, 5.41) is 11.5. The Bertz CT molecular complexity index is 582. The number of nitrogens with two attached hydrogens (primary N) is 1. The summed E-state index contributed by atoms with van der Waals surface area (Å²) in [6.45, 7) is 1.81. The second kappa shape index (κ2) is 5.01. The van der Waals surface area contributed by atoms with Crippen molar-refractivity contribution in [2.45, 2.75) is 6.92 Å². The Hall–Kier alpha value is -2.15. The van der Waals surface area contributed by atoms with Crippen molar-refractivity contribution in [2.75, 3.05) is 18.2 Å². The Balaban J connectivity index is 2.23. The average Bonchev–Trinajstić information content (AvgIpc) is 2.75. The van der Waals surface area contributed by atoms with E-state index in [-0.39, 0.29) is 5.91 Å². The van der Waals surface area contributed by atoms with Crippen molar-refractivity contribution in [1.29, 1.82) is 0 Å². The maximum atomic E-state index is 12.0. The highest BCUT2D eigenvalue weighted by Gasteiger charge is 2.13. The number of ether oxygens (including phenoxy) is 1. The van der Waals surface area contributed by atoms with Gasteiger partial charge in [0.15, 0.2) is 0 Å². The van der Waals surface area contributed by atoms with Crippen molar-refractivity contribution in [3.05, 3.63) is 28.8 Å². The maximum Gasteiger partial charge on any atom is 0.259 e. The van der Waals surface area contributed by atoms with Gasteiger partial charge in [0.25, 0.3) is 5.91 Å². The van der Waals surface area contributed by atoms with Crippen molar-refractivity contribution in [3.63, 3.8) is 0 Å². The first-order chi connectivity index (χ1) is 8.60. The summed E-state index contributed by atoms with van der Waals surface area (Å²) < 4.78 is 5.05. The number of nitrogens with one attached hydrogen (secondary N) is 1. The summed E-state index contributed by atoms with van der Waals surface area (Å²) in [5.41, 5.74) is 6.49. The lowest BCUT2D eigenvalue weighted by molar-refractivity contribution is 0.102. The van der Waals surface area contributed by atoms with E-state index in [4.69, 9.17) is 10.5 Å². The van der Waals surface area contributed by atoms with Gasteiger partial charge in [0.1, 0.15) is 10.8 Å². The molecular weight excluding hydrogens is 252 g/mol. The molecule has 0 aliphatic carbocycles. The Morgan fingerprint density at radius 1 is 1.44 bits per heavy atom. The molecule has 0 aliphatic rings. The summed E-state index contributed by atoms with van der Waals surface area (Å²) in [7, 11) is 1.53. The molecule has 0 atom stereocenters. The number of benzene rings is 1. The number of methoxy groups -OCH3 is 1. The van der Waals surface area contributed by atoms with Crippen LogP contribution in [-0.4, -0.2) is 23.2 Å². The highest BCUT2D eigenvalue weighted by molar-refractivity contribution is 7.15. The number of carbonyl (C=O) groups excluding carboxylic acids is 1. The fraction of sp³-hybridized carbons (Fsp3) is 0.182. The van der Waals surface area contributed by atoms with Gasteiger partial charge in [0, 0.05) is 5.69 Å². The predicted octanol–water partition coefficient (Wildman–Crippen LogP) is 1.69. The molecule has 1 heterocycles. The van der Waals surface area contributed by atoms with Gasteiger partial charge in [-0.25, -0.2) is 0 Å². The largest absolute Gasteiger partial charge is 0.497 e. The van der Waals surface area contributed by atoms with Crippen LogP contribution in [0.3, 0.4) is 0 Å². The number of nitrogen functional groups attached to an aromatic ring is 1. The van der Waals surface area contributed by atoms with Gasteiger partial charge < -0.3 is 10.5 Å². The molecule has 94 valence electrons. The van der Waals surface area contributed by atoms with Gasteiger partial charge in [0.05, 0.1) is 12.7 Å². The smallest absolute Gasteiger partial charge is 0.259 e. The van der Waals surface area contributed by atoms with Crippen LogP contribution in [0.1, 0.15) is 15.4 Å². The van der Waals surface area contributed by atoms with E-state index in [0.717, 1.165) is 5.01 Å². The van der Waals surface area contributed by atoms with Crippen LogP contribution in [0.15, 0.2) is 18.2 Å². The second-order valence-corrected chi connectivity index (χ2v) is 4.72. The first kappa shape index (κ1) is 12.3. The summed E-state index contributed by atoms with van der Waals surface area (Å²) >= 11 is 1.30. The van der Waals surface area contributed by atoms with Crippen molar-refractivity contribution in [2.24, 2.45) is 0 Å². The van der Waals surface area contributed by atoms with Gasteiger partial charge in [0.2, 0.25) is 5.13 Å². The molecule has 7 heteroatoms. The lowest BCUT2D eigenvalue weighted by Gasteiger charge is -2.07. The monoisotopic (exact) mass is 264 g/mol. The molecule has 0 unspecified atom stereocenters. The number of hydrogen-bond donors (Lipinski definition) is 2. The Labute approximate surface area is 108 Å². The van der Waals surface area contributed by atoms with Crippen LogP contribution in [-0.2, 0) is 0 Å². The van der Waals surface area contributed by atoms with Gasteiger partial charge in [-0.3, -0.25) is 10.1 Å². The number of aromatic nitrogens is 2. The molecule has 6 nitrogen and oxygen atoms in total. The first-order valence-electron chi connectivity index (χ1n) is 5.15. The van der Waals surface area contributed by atoms with Crippen LogP contribution in [0.2, 0.25) is 0 Å². The number of rotatable bonds is 3. The highest BCUT2D eigenvalue weighted by atomic mass is 32.1. The maximum absolute atomic E-state index is 12.0. The van der Waals surface area contributed by atoms with Crippen LogP contribution in [0.25, 0.3) is 0 Å². The Morgan fingerprint density at radius 3 is 2.83 bits per heavy atom. The summed E-state index contributed by atoms with van der Waals surface area (Å²) in [5.74, 6) is 0.241. The van der Waals surface area contributed by atoms with Crippen molar-refractivity contribution >= 4 is 28.1 Å². The molecule has 2 aromatic rings.